The predicted octanol–water partition coefficient (Wildman–Crippen LogP) is 4.59. The molecule has 0 bridgehead atoms. The maximum atomic E-state index is 13.0. The average molecular weight is 279 g/mol. The highest BCUT2D eigenvalue weighted by atomic mass is 19.4. The quantitative estimate of drug-likeness (QED) is 0.866. The van der Waals surface area contributed by atoms with E-state index in [-0.39, 0.29) is 18.9 Å². The molecule has 0 saturated heterocycles. The van der Waals surface area contributed by atoms with Gasteiger partial charge < -0.3 is 0 Å². The molecule has 20 heavy (non-hydrogen) atoms. The highest BCUT2D eigenvalue weighted by Crippen LogP contribution is 2.50. The van der Waals surface area contributed by atoms with E-state index < -0.39 is 11.7 Å². The zero-order valence-corrected chi connectivity index (χ0v) is 11.2. The normalized spacial score (nSPS) is 19.0. The molecule has 3 rings (SSSR count). The van der Waals surface area contributed by atoms with Gasteiger partial charge in [-0.25, -0.2) is 0 Å². The number of alkyl halides is 3. The first-order valence-electron chi connectivity index (χ1n) is 6.75. The van der Waals surface area contributed by atoms with Gasteiger partial charge in [0.05, 0.1) is 0 Å². The molecule has 0 aromatic heterocycles. The lowest BCUT2D eigenvalue weighted by molar-refractivity contribution is -0.167. The van der Waals surface area contributed by atoms with E-state index in [1.807, 2.05) is 42.5 Å². The van der Waals surface area contributed by atoms with Crippen molar-refractivity contribution in [3.63, 3.8) is 0 Å². The van der Waals surface area contributed by atoms with Crippen molar-refractivity contribution in [2.24, 2.45) is 0 Å². The van der Waals surface area contributed by atoms with Gasteiger partial charge in [0.2, 0.25) is 0 Å². The molecule has 0 spiro atoms. The summed E-state index contributed by atoms with van der Waals surface area (Å²) in [6, 6.07) is 13.2. The van der Waals surface area contributed by atoms with Crippen molar-refractivity contribution < 1.29 is 13.2 Å². The standard InChI is InChI=1S/C16H16F3N/c1-11(20-15(9-10-15)16(17,18)19)13-8-4-6-12-5-2-3-7-14(12)13/h2-8,11,20H,9-10H2,1H3. The average Bonchev–Trinajstić information content (AvgIpc) is 3.18. The minimum absolute atomic E-state index is 0.172. The van der Waals surface area contributed by atoms with Crippen LogP contribution in [0.3, 0.4) is 0 Å². The summed E-state index contributed by atoms with van der Waals surface area (Å²) in [6.07, 6.45) is -3.83. The highest BCUT2D eigenvalue weighted by Gasteiger charge is 2.63. The third kappa shape index (κ3) is 2.18. The lowest BCUT2D eigenvalue weighted by Gasteiger charge is -2.26. The van der Waals surface area contributed by atoms with Crippen LogP contribution in [-0.4, -0.2) is 11.7 Å². The zero-order chi connectivity index (χ0) is 14.4. The van der Waals surface area contributed by atoms with E-state index in [9.17, 15) is 13.2 Å². The highest BCUT2D eigenvalue weighted by molar-refractivity contribution is 5.86. The van der Waals surface area contributed by atoms with Crippen molar-refractivity contribution in [2.45, 2.75) is 37.5 Å². The Morgan fingerprint density at radius 1 is 1.05 bits per heavy atom. The Morgan fingerprint density at radius 2 is 1.70 bits per heavy atom. The van der Waals surface area contributed by atoms with Crippen LogP contribution in [0.4, 0.5) is 13.2 Å². The van der Waals surface area contributed by atoms with Crippen molar-refractivity contribution >= 4 is 10.8 Å². The molecule has 0 amide bonds. The predicted molar refractivity (Wildman–Crippen MR) is 73.5 cm³/mol. The number of rotatable bonds is 3. The smallest absolute Gasteiger partial charge is 0.297 e. The molecule has 1 unspecified atom stereocenters. The van der Waals surface area contributed by atoms with Crippen LogP contribution in [0, 0.1) is 0 Å². The molecule has 1 N–H and O–H groups in total. The molecule has 2 aromatic rings. The second-order valence-corrected chi connectivity index (χ2v) is 5.51. The van der Waals surface area contributed by atoms with Crippen LogP contribution in [0.1, 0.15) is 31.4 Å². The first-order chi connectivity index (χ1) is 9.43. The van der Waals surface area contributed by atoms with Crippen LogP contribution < -0.4 is 5.32 Å². The summed E-state index contributed by atoms with van der Waals surface area (Å²) in [5.74, 6) is 0. The van der Waals surface area contributed by atoms with Crippen molar-refractivity contribution in [1.29, 1.82) is 0 Å². The Hall–Kier alpha value is -1.55. The summed E-state index contributed by atoms with van der Waals surface area (Å²) in [5.41, 5.74) is -0.762. The third-order valence-corrected chi connectivity index (χ3v) is 4.08. The van der Waals surface area contributed by atoms with E-state index >= 15 is 0 Å². The Morgan fingerprint density at radius 3 is 2.35 bits per heavy atom. The minimum Gasteiger partial charge on any atom is -0.297 e. The van der Waals surface area contributed by atoms with E-state index in [0.29, 0.717) is 0 Å². The lowest BCUT2D eigenvalue weighted by atomic mass is 9.99. The van der Waals surface area contributed by atoms with Crippen LogP contribution in [0.15, 0.2) is 42.5 Å². The van der Waals surface area contributed by atoms with Gasteiger partial charge in [-0.2, -0.15) is 13.2 Å². The minimum atomic E-state index is -4.17. The Balaban J connectivity index is 1.92. The topological polar surface area (TPSA) is 12.0 Å². The summed E-state index contributed by atoms with van der Waals surface area (Å²) in [7, 11) is 0. The van der Waals surface area contributed by atoms with Gasteiger partial charge in [-0.05, 0) is 36.1 Å². The molecule has 0 aliphatic heterocycles. The second-order valence-electron chi connectivity index (χ2n) is 5.51. The number of benzene rings is 2. The van der Waals surface area contributed by atoms with Gasteiger partial charge in [0.1, 0.15) is 5.54 Å². The fraction of sp³-hybridized carbons (Fsp3) is 0.375. The van der Waals surface area contributed by atoms with E-state index in [1.54, 1.807) is 6.92 Å². The second kappa shape index (κ2) is 4.48. The van der Waals surface area contributed by atoms with Crippen LogP contribution >= 0.6 is 0 Å². The van der Waals surface area contributed by atoms with E-state index in [0.717, 1.165) is 16.3 Å². The molecule has 0 radical (unpaired) electrons. The van der Waals surface area contributed by atoms with Crippen molar-refractivity contribution in [3.05, 3.63) is 48.0 Å². The van der Waals surface area contributed by atoms with Gasteiger partial charge in [-0.15, -0.1) is 0 Å². The number of hydrogen-bond acceptors (Lipinski definition) is 1. The third-order valence-electron chi connectivity index (χ3n) is 4.08. The van der Waals surface area contributed by atoms with Gasteiger partial charge >= 0.3 is 6.18 Å². The molecule has 1 nitrogen and oxygen atoms in total. The van der Waals surface area contributed by atoms with Gasteiger partial charge in [0, 0.05) is 6.04 Å². The molecular weight excluding hydrogens is 263 g/mol. The Kier molecular flexibility index (Phi) is 3.01. The number of hydrogen-bond donors (Lipinski definition) is 1. The van der Waals surface area contributed by atoms with E-state index in [2.05, 4.69) is 5.32 Å². The lowest BCUT2D eigenvalue weighted by Crippen LogP contribution is -2.45. The largest absolute Gasteiger partial charge is 0.406 e. The fourth-order valence-electron chi connectivity index (χ4n) is 2.75. The summed E-state index contributed by atoms with van der Waals surface area (Å²) in [6.45, 7) is 1.80. The van der Waals surface area contributed by atoms with Crippen LogP contribution in [0.5, 0.6) is 0 Å². The molecule has 2 aromatic carbocycles. The van der Waals surface area contributed by atoms with Gasteiger partial charge in [-0.1, -0.05) is 42.5 Å². The summed E-state index contributed by atoms with van der Waals surface area (Å²) >= 11 is 0. The van der Waals surface area contributed by atoms with Gasteiger partial charge in [0.25, 0.3) is 0 Å². The number of nitrogens with one attached hydrogen (secondary N) is 1. The Labute approximate surface area is 115 Å². The van der Waals surface area contributed by atoms with Gasteiger partial charge in [0.15, 0.2) is 0 Å². The maximum absolute atomic E-state index is 13.0. The van der Waals surface area contributed by atoms with Crippen molar-refractivity contribution in [1.82, 2.24) is 5.32 Å². The Bertz CT molecular complexity index is 624. The van der Waals surface area contributed by atoms with Crippen LogP contribution in [-0.2, 0) is 0 Å². The molecule has 1 atom stereocenters. The first kappa shape index (κ1) is 13.4. The summed E-state index contributed by atoms with van der Waals surface area (Å²) in [5, 5.41) is 4.85. The van der Waals surface area contributed by atoms with E-state index in [1.165, 1.54) is 0 Å². The fourth-order valence-corrected chi connectivity index (χ4v) is 2.75. The molecule has 1 fully saturated rings. The molecule has 4 heteroatoms. The molecule has 1 aliphatic carbocycles. The van der Waals surface area contributed by atoms with Crippen LogP contribution in [0.2, 0.25) is 0 Å². The molecule has 106 valence electrons. The van der Waals surface area contributed by atoms with Gasteiger partial charge in [-0.3, -0.25) is 5.32 Å². The maximum Gasteiger partial charge on any atom is 0.406 e. The monoisotopic (exact) mass is 279 g/mol. The summed E-state index contributed by atoms with van der Waals surface area (Å²) < 4.78 is 39.1. The number of fused-ring (bicyclic) bond motifs is 1. The molecule has 0 heterocycles. The summed E-state index contributed by atoms with van der Waals surface area (Å²) in [4.78, 5) is 0. The first-order valence-corrected chi connectivity index (χ1v) is 6.75. The molecular formula is C16H16F3N. The van der Waals surface area contributed by atoms with Crippen LogP contribution in [0.25, 0.3) is 10.8 Å². The van der Waals surface area contributed by atoms with Crippen molar-refractivity contribution in [2.75, 3.05) is 0 Å². The van der Waals surface area contributed by atoms with E-state index in [4.69, 9.17) is 0 Å². The van der Waals surface area contributed by atoms with Crippen molar-refractivity contribution in [3.8, 4) is 0 Å². The molecule has 1 aliphatic rings. The molecule has 1 saturated carbocycles. The number of halogens is 3. The zero-order valence-electron chi connectivity index (χ0n) is 11.2. The SMILES string of the molecule is CC(NC1(C(F)(F)F)CC1)c1cccc2ccccc12.